The lowest BCUT2D eigenvalue weighted by molar-refractivity contribution is -0.116. The fraction of sp³-hybridized carbons (Fsp3) is 0.321. The Kier molecular flexibility index (Phi) is 7.62. The lowest BCUT2D eigenvalue weighted by Gasteiger charge is -2.33. The highest BCUT2D eigenvalue weighted by molar-refractivity contribution is 8.03. The lowest BCUT2D eigenvalue weighted by atomic mass is 9.76. The van der Waals surface area contributed by atoms with Gasteiger partial charge in [-0.25, -0.2) is 0 Å². The highest BCUT2D eigenvalue weighted by atomic mass is 32.2. The summed E-state index contributed by atoms with van der Waals surface area (Å²) < 4.78 is 5.21. The Hall–Kier alpha value is -3.50. The largest absolute Gasteiger partial charge is 0.497 e. The molecule has 0 aromatic heterocycles. The van der Waals surface area contributed by atoms with Gasteiger partial charge in [0.05, 0.1) is 35.5 Å². The molecule has 0 radical (unpaired) electrons. The number of rotatable bonds is 7. The average Bonchev–Trinajstić information content (AvgIpc) is 2.87. The number of dihydropyridines is 1. The smallest absolute Gasteiger partial charge is 0.234 e. The van der Waals surface area contributed by atoms with Crippen LogP contribution < -0.4 is 15.4 Å². The van der Waals surface area contributed by atoms with E-state index in [1.807, 2.05) is 24.3 Å². The van der Waals surface area contributed by atoms with Crippen LogP contribution in [-0.2, 0) is 9.59 Å². The summed E-state index contributed by atoms with van der Waals surface area (Å²) in [5, 5.41) is 17.0. The second kappa shape index (κ2) is 10.8. The molecular weight excluding hydrogens is 458 g/mol. The van der Waals surface area contributed by atoms with E-state index in [-0.39, 0.29) is 17.4 Å². The van der Waals surface area contributed by atoms with Gasteiger partial charge < -0.3 is 15.4 Å². The van der Waals surface area contributed by atoms with Gasteiger partial charge in [-0.05, 0) is 42.0 Å². The molecule has 0 fully saturated rings. The maximum atomic E-state index is 13.0. The topological polar surface area (TPSA) is 91.2 Å². The van der Waals surface area contributed by atoms with Crippen molar-refractivity contribution in [2.45, 2.75) is 44.9 Å². The molecule has 1 amide bonds. The number of anilines is 1. The first-order valence-corrected chi connectivity index (χ1v) is 12.7. The van der Waals surface area contributed by atoms with E-state index >= 15 is 0 Å². The van der Waals surface area contributed by atoms with Gasteiger partial charge in [0.2, 0.25) is 5.91 Å². The summed E-state index contributed by atoms with van der Waals surface area (Å²) in [6.07, 6.45) is 2.02. The third-order valence-electron chi connectivity index (χ3n) is 6.30. The minimum Gasteiger partial charge on any atom is -0.497 e. The number of amides is 1. The minimum absolute atomic E-state index is 0.0873. The molecular formula is C28H29N3O3S. The predicted molar refractivity (Wildman–Crippen MR) is 139 cm³/mol. The number of nitriles is 1. The van der Waals surface area contributed by atoms with Gasteiger partial charge in [0.1, 0.15) is 5.75 Å². The highest BCUT2D eigenvalue weighted by Gasteiger charge is 2.37. The van der Waals surface area contributed by atoms with Gasteiger partial charge in [0.15, 0.2) is 5.78 Å². The number of ketones is 1. The predicted octanol–water partition coefficient (Wildman–Crippen LogP) is 5.62. The number of nitrogens with zero attached hydrogens (tertiary/aromatic N) is 1. The molecule has 1 heterocycles. The van der Waals surface area contributed by atoms with E-state index in [1.165, 1.54) is 17.3 Å². The zero-order valence-corrected chi connectivity index (χ0v) is 21.0. The van der Waals surface area contributed by atoms with Crippen LogP contribution in [0.25, 0.3) is 0 Å². The number of carbonyl (C=O) groups is 2. The van der Waals surface area contributed by atoms with Crippen LogP contribution in [0.15, 0.2) is 70.4 Å². The van der Waals surface area contributed by atoms with Crippen molar-refractivity contribution < 1.29 is 14.3 Å². The summed E-state index contributed by atoms with van der Waals surface area (Å²) in [6, 6.07) is 17.7. The van der Waals surface area contributed by atoms with E-state index in [9.17, 15) is 14.9 Å². The number of methoxy groups -OCH3 is 1. The molecule has 180 valence electrons. The molecule has 2 aromatic carbocycles. The molecule has 0 spiro atoms. The van der Waals surface area contributed by atoms with Crippen LogP contribution in [-0.4, -0.2) is 24.6 Å². The third-order valence-corrected chi connectivity index (χ3v) is 7.32. The SMILES string of the molecule is COc1cccc(NC(=O)CSC2=C(C#N)C(c3ccc(C(C)C)cc3)C3=C(CCCC3=O)N2)c1. The fourth-order valence-electron chi connectivity index (χ4n) is 4.48. The molecule has 6 nitrogen and oxygen atoms in total. The molecule has 1 aliphatic carbocycles. The van der Waals surface area contributed by atoms with Crippen molar-refractivity contribution in [3.05, 3.63) is 81.5 Å². The summed E-state index contributed by atoms with van der Waals surface area (Å²) in [5.74, 6) is 0.654. The van der Waals surface area contributed by atoms with E-state index in [2.05, 4.69) is 42.7 Å². The summed E-state index contributed by atoms with van der Waals surface area (Å²) in [5.41, 5.74) is 4.82. The van der Waals surface area contributed by atoms with E-state index < -0.39 is 5.92 Å². The molecule has 2 aromatic rings. The Bertz CT molecular complexity index is 1240. The second-order valence-corrected chi connectivity index (χ2v) is 9.96. The van der Waals surface area contributed by atoms with E-state index in [1.54, 1.807) is 19.2 Å². The monoisotopic (exact) mass is 487 g/mol. The van der Waals surface area contributed by atoms with Crippen molar-refractivity contribution in [2.24, 2.45) is 0 Å². The first kappa shape index (κ1) is 24.6. The summed E-state index contributed by atoms with van der Waals surface area (Å²) in [6.45, 7) is 4.27. The zero-order valence-electron chi connectivity index (χ0n) is 20.2. The molecule has 0 bridgehead atoms. The number of hydrogen-bond acceptors (Lipinski definition) is 6. The molecule has 0 saturated carbocycles. The van der Waals surface area contributed by atoms with Gasteiger partial charge in [0.25, 0.3) is 0 Å². The van der Waals surface area contributed by atoms with Crippen LogP contribution in [0.2, 0.25) is 0 Å². The van der Waals surface area contributed by atoms with Gasteiger partial charge in [0, 0.05) is 29.4 Å². The molecule has 1 atom stereocenters. The molecule has 7 heteroatoms. The summed E-state index contributed by atoms with van der Waals surface area (Å²) >= 11 is 1.29. The Balaban J connectivity index is 1.60. The molecule has 2 aliphatic rings. The van der Waals surface area contributed by atoms with Crippen molar-refractivity contribution in [1.29, 1.82) is 5.26 Å². The molecule has 0 saturated heterocycles. The first-order valence-electron chi connectivity index (χ1n) is 11.7. The summed E-state index contributed by atoms with van der Waals surface area (Å²) in [4.78, 5) is 25.6. The minimum atomic E-state index is -0.422. The second-order valence-electron chi connectivity index (χ2n) is 8.97. The average molecular weight is 488 g/mol. The number of allylic oxidation sites excluding steroid dienone is 3. The van der Waals surface area contributed by atoms with E-state index in [0.717, 1.165) is 24.1 Å². The number of benzene rings is 2. The van der Waals surface area contributed by atoms with Crippen LogP contribution >= 0.6 is 11.8 Å². The van der Waals surface area contributed by atoms with Crippen molar-refractivity contribution in [1.82, 2.24) is 5.32 Å². The number of nitrogens with one attached hydrogen (secondary N) is 2. The Labute approximate surface area is 210 Å². The first-order chi connectivity index (χ1) is 16.9. The van der Waals surface area contributed by atoms with Crippen molar-refractivity contribution in [3.8, 4) is 11.8 Å². The van der Waals surface area contributed by atoms with Crippen LogP contribution in [0.4, 0.5) is 5.69 Å². The molecule has 4 rings (SSSR count). The maximum Gasteiger partial charge on any atom is 0.234 e. The molecule has 2 N–H and O–H groups in total. The lowest BCUT2D eigenvalue weighted by Crippen LogP contribution is -2.31. The van der Waals surface area contributed by atoms with Crippen LogP contribution in [0.1, 0.15) is 56.1 Å². The van der Waals surface area contributed by atoms with E-state index in [0.29, 0.717) is 40.0 Å². The molecule has 1 aliphatic heterocycles. The fourth-order valence-corrected chi connectivity index (χ4v) is 5.34. The Morgan fingerprint density at radius 3 is 2.69 bits per heavy atom. The van der Waals surface area contributed by atoms with Gasteiger partial charge >= 0.3 is 0 Å². The standard InChI is InChI=1S/C28H29N3O3S/c1-17(2)18-10-12-19(13-11-18)26-22(15-29)28(31-23-8-5-9-24(32)27(23)26)35-16-25(33)30-20-6-4-7-21(14-20)34-3/h4,6-7,10-14,17,26,31H,5,8-9,16H2,1-3H3,(H,30,33). The third kappa shape index (κ3) is 5.44. The number of Topliss-reactive ketones (excluding diaryl/α,β-unsaturated/α-hetero) is 1. The van der Waals surface area contributed by atoms with Crippen LogP contribution in [0.5, 0.6) is 5.75 Å². The van der Waals surface area contributed by atoms with Gasteiger partial charge in [-0.2, -0.15) is 5.26 Å². The van der Waals surface area contributed by atoms with Crippen molar-refractivity contribution in [2.75, 3.05) is 18.2 Å². The van der Waals surface area contributed by atoms with Crippen LogP contribution in [0.3, 0.4) is 0 Å². The number of thioether (sulfide) groups is 1. The normalized spacial score (nSPS) is 17.6. The zero-order chi connectivity index (χ0) is 24.9. The number of carbonyl (C=O) groups excluding carboxylic acids is 2. The number of ether oxygens (including phenoxy) is 1. The highest BCUT2D eigenvalue weighted by Crippen LogP contribution is 2.44. The molecule has 1 unspecified atom stereocenters. The summed E-state index contributed by atoms with van der Waals surface area (Å²) in [7, 11) is 1.58. The van der Waals surface area contributed by atoms with E-state index in [4.69, 9.17) is 4.74 Å². The quantitative estimate of drug-likeness (QED) is 0.527. The van der Waals surface area contributed by atoms with Crippen molar-refractivity contribution in [3.63, 3.8) is 0 Å². The van der Waals surface area contributed by atoms with Crippen molar-refractivity contribution >= 4 is 29.1 Å². The van der Waals surface area contributed by atoms with Gasteiger partial charge in [-0.15, -0.1) is 0 Å². The maximum absolute atomic E-state index is 13.0. The molecule has 35 heavy (non-hydrogen) atoms. The Morgan fingerprint density at radius 2 is 2.00 bits per heavy atom. The Morgan fingerprint density at radius 1 is 1.23 bits per heavy atom. The van der Waals surface area contributed by atoms with Crippen LogP contribution in [0, 0.1) is 11.3 Å². The van der Waals surface area contributed by atoms with Gasteiger partial charge in [-0.3, -0.25) is 9.59 Å². The number of hydrogen-bond donors (Lipinski definition) is 2. The van der Waals surface area contributed by atoms with Gasteiger partial charge in [-0.1, -0.05) is 55.9 Å².